The number of aryl methyl sites for hydroxylation is 1. The van der Waals surface area contributed by atoms with Crippen molar-refractivity contribution in [1.82, 2.24) is 9.61 Å². The molecule has 0 radical (unpaired) electrons. The minimum Gasteiger partial charge on any atom is -0.236 e. The molecule has 2 aromatic rings. The van der Waals surface area contributed by atoms with Crippen molar-refractivity contribution in [2.75, 3.05) is 0 Å². The van der Waals surface area contributed by atoms with Gasteiger partial charge in [-0.2, -0.15) is 18.3 Å². The van der Waals surface area contributed by atoms with Gasteiger partial charge in [-0.1, -0.05) is 33.8 Å². The molecule has 0 saturated carbocycles. The lowest BCUT2D eigenvalue weighted by molar-refractivity contribution is -0.0328. The normalized spacial score (nSPS) is 11.7. The molecule has 0 saturated heterocycles. The highest BCUT2D eigenvalue weighted by Gasteiger charge is 2.32. The Kier molecular flexibility index (Phi) is 5.50. The molecule has 2 nitrogen and oxygen atoms in total. The number of thioether (sulfide) groups is 1. The smallest absolute Gasteiger partial charge is 0.236 e. The summed E-state index contributed by atoms with van der Waals surface area (Å²) < 4.78 is 39.1. The summed E-state index contributed by atoms with van der Waals surface area (Å²) in [6.45, 7) is 9.58. The monoisotopic (exact) mass is 304 g/mol. The second kappa shape index (κ2) is 6.52. The first-order valence-electron chi connectivity index (χ1n) is 6.53. The lowest BCUT2D eigenvalue weighted by Gasteiger charge is -2.08. The number of hydrogen-bond donors (Lipinski definition) is 0. The maximum atomic E-state index is 12.5. The van der Waals surface area contributed by atoms with Crippen molar-refractivity contribution in [1.29, 1.82) is 0 Å². The van der Waals surface area contributed by atoms with Crippen LogP contribution in [0.5, 0.6) is 0 Å². The molecule has 0 atom stereocenters. The van der Waals surface area contributed by atoms with Crippen LogP contribution in [0.25, 0.3) is 5.52 Å². The first-order chi connectivity index (χ1) is 9.29. The average Bonchev–Trinajstić information content (AvgIpc) is 2.66. The lowest BCUT2D eigenvalue weighted by Crippen LogP contribution is -2.01. The summed E-state index contributed by atoms with van der Waals surface area (Å²) in [7, 11) is 0. The molecule has 0 aliphatic carbocycles. The molecule has 2 heterocycles. The van der Waals surface area contributed by atoms with E-state index in [4.69, 9.17) is 0 Å². The van der Waals surface area contributed by atoms with E-state index in [0.29, 0.717) is 11.2 Å². The van der Waals surface area contributed by atoms with Crippen LogP contribution in [-0.4, -0.2) is 15.1 Å². The minimum absolute atomic E-state index is 0.0994. The summed E-state index contributed by atoms with van der Waals surface area (Å²) in [6, 6.07) is 5.32. The molecule has 0 aromatic carbocycles. The molecule has 20 heavy (non-hydrogen) atoms. The number of alkyl halides is 3. The highest BCUT2D eigenvalue weighted by molar-refractivity contribution is 8.00. The Morgan fingerprint density at radius 3 is 2.30 bits per heavy atom. The van der Waals surface area contributed by atoms with E-state index >= 15 is 0 Å². The Hall–Kier alpha value is -1.17. The number of halogens is 3. The zero-order chi connectivity index (χ0) is 15.5. The molecule has 0 aliphatic rings. The van der Waals surface area contributed by atoms with Crippen molar-refractivity contribution >= 4 is 17.3 Å². The van der Waals surface area contributed by atoms with Crippen LogP contribution in [0.2, 0.25) is 0 Å². The number of hydrogen-bond acceptors (Lipinski definition) is 2. The fourth-order valence-electron chi connectivity index (χ4n) is 1.86. The van der Waals surface area contributed by atoms with Crippen molar-refractivity contribution in [2.24, 2.45) is 0 Å². The van der Waals surface area contributed by atoms with Crippen LogP contribution in [0.15, 0.2) is 23.1 Å². The number of aromatic nitrogens is 2. The molecule has 0 aliphatic heterocycles. The Morgan fingerprint density at radius 2 is 1.80 bits per heavy atom. The molecular weight excluding hydrogens is 285 g/mol. The lowest BCUT2D eigenvalue weighted by atomic mass is 10.1. The van der Waals surface area contributed by atoms with Crippen molar-refractivity contribution in [3.8, 4) is 0 Å². The molecule has 2 aromatic heterocycles. The average molecular weight is 304 g/mol. The SMILES string of the molecule is CC.Cc1nn2c(C(C)C)cccc2c1SC(F)(F)F. The van der Waals surface area contributed by atoms with E-state index in [0.717, 1.165) is 5.69 Å². The van der Waals surface area contributed by atoms with Crippen molar-refractivity contribution in [3.63, 3.8) is 0 Å². The minimum atomic E-state index is -4.29. The van der Waals surface area contributed by atoms with Gasteiger partial charge in [-0.15, -0.1) is 0 Å². The Labute approximate surface area is 121 Å². The highest BCUT2D eigenvalue weighted by atomic mass is 32.2. The van der Waals surface area contributed by atoms with Crippen LogP contribution in [0.4, 0.5) is 13.2 Å². The molecule has 2 rings (SSSR count). The first-order valence-corrected chi connectivity index (χ1v) is 7.35. The number of fused-ring (bicyclic) bond motifs is 1. The Balaban J connectivity index is 0.000000956. The van der Waals surface area contributed by atoms with Crippen molar-refractivity contribution < 1.29 is 13.2 Å². The van der Waals surface area contributed by atoms with Gasteiger partial charge >= 0.3 is 5.51 Å². The first kappa shape index (κ1) is 16.9. The summed E-state index contributed by atoms with van der Waals surface area (Å²) in [5, 5.41) is 4.21. The van der Waals surface area contributed by atoms with E-state index in [1.54, 1.807) is 23.6 Å². The Morgan fingerprint density at radius 1 is 1.20 bits per heavy atom. The molecule has 0 fully saturated rings. The summed E-state index contributed by atoms with van der Waals surface area (Å²) in [5.74, 6) is 0.205. The van der Waals surface area contributed by atoms with Gasteiger partial charge in [-0.05, 0) is 36.7 Å². The molecule has 6 heteroatoms. The maximum Gasteiger partial charge on any atom is 0.446 e. The fraction of sp³-hybridized carbons (Fsp3) is 0.500. The molecule has 0 N–H and O–H groups in total. The van der Waals surface area contributed by atoms with Crippen molar-refractivity contribution in [2.45, 2.75) is 50.9 Å². The summed E-state index contributed by atoms with van der Waals surface area (Å²) in [6.07, 6.45) is 0. The summed E-state index contributed by atoms with van der Waals surface area (Å²) in [4.78, 5) is 0.185. The van der Waals surface area contributed by atoms with Crippen LogP contribution < -0.4 is 0 Å². The number of rotatable bonds is 2. The van der Waals surface area contributed by atoms with E-state index in [1.165, 1.54) is 0 Å². The Bertz CT molecular complexity index is 574. The predicted octanol–water partition coefficient (Wildman–Crippen LogP) is 5.40. The van der Waals surface area contributed by atoms with E-state index < -0.39 is 5.51 Å². The van der Waals surface area contributed by atoms with Gasteiger partial charge in [0, 0.05) is 5.69 Å². The van der Waals surface area contributed by atoms with E-state index in [2.05, 4.69) is 5.10 Å². The third-order valence-electron chi connectivity index (χ3n) is 2.61. The molecule has 0 amide bonds. The third-order valence-corrected chi connectivity index (χ3v) is 3.55. The van der Waals surface area contributed by atoms with Gasteiger partial charge < -0.3 is 0 Å². The van der Waals surface area contributed by atoms with Crippen LogP contribution >= 0.6 is 11.8 Å². The second-order valence-electron chi connectivity index (χ2n) is 4.36. The van der Waals surface area contributed by atoms with Crippen molar-refractivity contribution in [3.05, 3.63) is 29.6 Å². The largest absolute Gasteiger partial charge is 0.446 e. The quantitative estimate of drug-likeness (QED) is 0.691. The maximum absolute atomic E-state index is 12.5. The third kappa shape index (κ3) is 3.69. The molecule has 0 spiro atoms. The topological polar surface area (TPSA) is 17.3 Å². The van der Waals surface area contributed by atoms with Crippen LogP contribution in [0.1, 0.15) is 45.0 Å². The van der Waals surface area contributed by atoms with Gasteiger partial charge in [0.25, 0.3) is 0 Å². The van der Waals surface area contributed by atoms with Gasteiger partial charge in [0.05, 0.1) is 16.1 Å². The molecule has 0 bridgehead atoms. The van der Waals surface area contributed by atoms with Gasteiger partial charge in [-0.3, -0.25) is 0 Å². The van der Waals surface area contributed by atoms with Gasteiger partial charge in [0.2, 0.25) is 0 Å². The predicted molar refractivity (Wildman–Crippen MR) is 77.3 cm³/mol. The molecule has 0 unspecified atom stereocenters. The van der Waals surface area contributed by atoms with Gasteiger partial charge in [-0.25, -0.2) is 4.52 Å². The van der Waals surface area contributed by atoms with E-state index in [1.807, 2.05) is 33.8 Å². The standard InChI is InChI=1S/C12H13F3N2S.C2H6/c1-7(2)9-5-4-6-10-11(18-12(13,14)15)8(3)16-17(9)10;1-2/h4-7H,1-3H3;1-2H3. The summed E-state index contributed by atoms with van der Waals surface area (Å²) in [5.41, 5.74) is -2.46. The number of pyridine rings is 1. The highest BCUT2D eigenvalue weighted by Crippen LogP contribution is 2.40. The fourth-order valence-corrected chi connectivity index (χ4v) is 2.54. The van der Waals surface area contributed by atoms with Crippen LogP contribution in [-0.2, 0) is 0 Å². The molecular formula is C14H19F3N2S. The van der Waals surface area contributed by atoms with Gasteiger partial charge in [0.15, 0.2) is 0 Å². The number of nitrogens with zero attached hydrogens (tertiary/aromatic N) is 2. The molecule has 112 valence electrons. The van der Waals surface area contributed by atoms with E-state index in [9.17, 15) is 13.2 Å². The van der Waals surface area contributed by atoms with Crippen LogP contribution in [0.3, 0.4) is 0 Å². The zero-order valence-corrected chi connectivity index (χ0v) is 13.1. The zero-order valence-electron chi connectivity index (χ0n) is 12.2. The van der Waals surface area contributed by atoms with E-state index in [-0.39, 0.29) is 22.6 Å². The second-order valence-corrected chi connectivity index (χ2v) is 5.44. The van der Waals surface area contributed by atoms with Gasteiger partial charge in [0.1, 0.15) is 0 Å². The van der Waals surface area contributed by atoms with Crippen LogP contribution in [0, 0.1) is 6.92 Å². The summed E-state index contributed by atoms with van der Waals surface area (Å²) >= 11 is -0.0994.